The van der Waals surface area contributed by atoms with Crippen molar-refractivity contribution in [1.82, 2.24) is 14.8 Å². The number of aryl methyl sites for hydroxylation is 1. The van der Waals surface area contributed by atoms with Crippen molar-refractivity contribution in [1.29, 1.82) is 0 Å². The Bertz CT molecular complexity index is 927. The number of nitrogens with one attached hydrogen (secondary N) is 1. The highest BCUT2D eigenvalue weighted by molar-refractivity contribution is 6.02. The molecule has 0 atom stereocenters. The molecule has 8 nitrogen and oxygen atoms in total. The predicted octanol–water partition coefficient (Wildman–Crippen LogP) is 2.91. The van der Waals surface area contributed by atoms with Crippen LogP contribution in [-0.2, 0) is 4.74 Å². The van der Waals surface area contributed by atoms with Gasteiger partial charge in [0.05, 0.1) is 36.1 Å². The van der Waals surface area contributed by atoms with Crippen molar-refractivity contribution in [2.75, 3.05) is 11.9 Å². The molecule has 0 aliphatic carbocycles. The minimum Gasteiger partial charge on any atom is -0.462 e. The molecule has 0 radical (unpaired) electrons. The van der Waals surface area contributed by atoms with Crippen LogP contribution in [0.4, 0.5) is 5.69 Å². The lowest BCUT2D eigenvalue weighted by Gasteiger charge is -2.07. The number of pyridine rings is 1. The first kappa shape index (κ1) is 17.4. The Morgan fingerprint density at radius 3 is 2.69 bits per heavy atom. The van der Waals surface area contributed by atoms with Gasteiger partial charge in [-0.2, -0.15) is 5.10 Å². The highest BCUT2D eigenvalue weighted by atomic mass is 16.5. The predicted molar refractivity (Wildman–Crippen MR) is 93.5 cm³/mol. The summed E-state index contributed by atoms with van der Waals surface area (Å²) in [7, 11) is 0. The molecule has 0 aromatic carbocycles. The maximum atomic E-state index is 12.1. The third-order valence-electron chi connectivity index (χ3n) is 3.74. The second-order valence-electron chi connectivity index (χ2n) is 5.51. The van der Waals surface area contributed by atoms with Crippen LogP contribution < -0.4 is 5.32 Å². The van der Waals surface area contributed by atoms with Crippen LogP contribution in [0.5, 0.6) is 0 Å². The van der Waals surface area contributed by atoms with Gasteiger partial charge in [-0.15, -0.1) is 0 Å². The minimum atomic E-state index is -0.406. The lowest BCUT2D eigenvalue weighted by molar-refractivity contribution is 0.0524. The van der Waals surface area contributed by atoms with Crippen molar-refractivity contribution in [3.05, 3.63) is 59.4 Å². The van der Waals surface area contributed by atoms with E-state index in [9.17, 15) is 9.59 Å². The third-order valence-corrected chi connectivity index (χ3v) is 3.74. The number of esters is 1. The van der Waals surface area contributed by atoms with E-state index in [0.717, 1.165) is 0 Å². The van der Waals surface area contributed by atoms with E-state index in [1.165, 1.54) is 12.5 Å². The summed E-state index contributed by atoms with van der Waals surface area (Å²) in [6.45, 7) is 5.57. The average molecular weight is 354 g/mol. The zero-order chi connectivity index (χ0) is 18.7. The molecule has 0 unspecified atom stereocenters. The van der Waals surface area contributed by atoms with E-state index in [1.54, 1.807) is 49.7 Å². The Kier molecular flexibility index (Phi) is 4.83. The molecule has 1 N–H and O–H groups in total. The van der Waals surface area contributed by atoms with E-state index in [0.29, 0.717) is 35.1 Å². The fourth-order valence-electron chi connectivity index (χ4n) is 2.55. The first-order valence-electron chi connectivity index (χ1n) is 8.06. The van der Waals surface area contributed by atoms with Gasteiger partial charge in [-0.3, -0.25) is 4.79 Å². The van der Waals surface area contributed by atoms with Gasteiger partial charge in [0, 0.05) is 0 Å². The minimum absolute atomic E-state index is 0.215. The van der Waals surface area contributed by atoms with Gasteiger partial charge in [-0.05, 0) is 45.0 Å². The van der Waals surface area contributed by atoms with E-state index in [4.69, 9.17) is 9.15 Å². The summed E-state index contributed by atoms with van der Waals surface area (Å²) in [6, 6.07) is 6.61. The Labute approximate surface area is 149 Å². The molecule has 0 aliphatic heterocycles. The summed E-state index contributed by atoms with van der Waals surface area (Å²) in [5, 5.41) is 7.06. The van der Waals surface area contributed by atoms with Crippen LogP contribution in [-0.4, -0.2) is 33.2 Å². The largest absolute Gasteiger partial charge is 0.462 e. The fourth-order valence-corrected chi connectivity index (χ4v) is 2.55. The van der Waals surface area contributed by atoms with Crippen LogP contribution in [0.25, 0.3) is 5.82 Å². The molecule has 1 amide bonds. The molecule has 0 bridgehead atoms. The van der Waals surface area contributed by atoms with Crippen LogP contribution >= 0.6 is 0 Å². The first-order chi connectivity index (χ1) is 12.5. The number of rotatable bonds is 5. The molecule has 3 aromatic heterocycles. The van der Waals surface area contributed by atoms with E-state index in [1.807, 2.05) is 0 Å². The Morgan fingerprint density at radius 1 is 1.27 bits per heavy atom. The van der Waals surface area contributed by atoms with E-state index >= 15 is 0 Å². The van der Waals surface area contributed by atoms with Crippen molar-refractivity contribution < 1.29 is 18.7 Å². The van der Waals surface area contributed by atoms with Crippen LogP contribution in [0.1, 0.15) is 39.2 Å². The van der Waals surface area contributed by atoms with Crippen LogP contribution in [0.15, 0.2) is 41.1 Å². The SMILES string of the molecule is CCOC(=O)c1c(C)nn(-c2ccc(NC(=O)c3ccco3)cn2)c1C. The van der Waals surface area contributed by atoms with Gasteiger partial charge in [0.2, 0.25) is 0 Å². The van der Waals surface area contributed by atoms with Crippen LogP contribution in [0, 0.1) is 13.8 Å². The molecule has 26 heavy (non-hydrogen) atoms. The van der Waals surface area contributed by atoms with Crippen molar-refractivity contribution in [2.45, 2.75) is 20.8 Å². The molecular weight excluding hydrogens is 336 g/mol. The van der Waals surface area contributed by atoms with Crippen LogP contribution in [0.3, 0.4) is 0 Å². The van der Waals surface area contributed by atoms with Gasteiger partial charge >= 0.3 is 5.97 Å². The summed E-state index contributed by atoms with van der Waals surface area (Å²) in [5.74, 6) is -0.0276. The highest BCUT2D eigenvalue weighted by Gasteiger charge is 2.21. The molecule has 0 fully saturated rings. The Hall–Kier alpha value is -3.42. The zero-order valence-electron chi connectivity index (χ0n) is 14.6. The number of aromatic nitrogens is 3. The topological polar surface area (TPSA) is 99.2 Å². The molecule has 3 heterocycles. The number of carbonyl (C=O) groups is 2. The number of carbonyl (C=O) groups excluding carboxylic acids is 2. The standard InChI is InChI=1S/C18H18N4O4/c1-4-25-18(24)16-11(2)21-22(12(16)3)15-8-7-13(10-19-15)20-17(23)14-6-5-9-26-14/h5-10H,4H2,1-3H3,(H,20,23). The van der Waals surface area contributed by atoms with Gasteiger partial charge in [-0.25, -0.2) is 14.5 Å². The number of hydrogen-bond donors (Lipinski definition) is 1. The van der Waals surface area contributed by atoms with E-state index in [-0.39, 0.29) is 11.7 Å². The van der Waals surface area contributed by atoms with Crippen molar-refractivity contribution in [2.24, 2.45) is 0 Å². The van der Waals surface area contributed by atoms with Gasteiger partial charge < -0.3 is 14.5 Å². The molecule has 0 saturated carbocycles. The summed E-state index contributed by atoms with van der Waals surface area (Å²) < 4.78 is 11.7. The molecule has 0 saturated heterocycles. The number of hydrogen-bond acceptors (Lipinski definition) is 6. The second kappa shape index (κ2) is 7.22. The summed E-state index contributed by atoms with van der Waals surface area (Å²) in [5.41, 5.74) is 2.16. The molecule has 134 valence electrons. The smallest absolute Gasteiger partial charge is 0.341 e. The Morgan fingerprint density at radius 2 is 2.08 bits per heavy atom. The highest BCUT2D eigenvalue weighted by Crippen LogP contribution is 2.19. The molecule has 3 aromatic rings. The van der Waals surface area contributed by atoms with E-state index in [2.05, 4.69) is 15.4 Å². The van der Waals surface area contributed by atoms with Gasteiger partial charge in [0.1, 0.15) is 5.56 Å². The summed E-state index contributed by atoms with van der Waals surface area (Å²) in [4.78, 5) is 28.3. The maximum Gasteiger partial charge on any atom is 0.341 e. The molecule has 3 rings (SSSR count). The molecular formula is C18H18N4O4. The summed E-state index contributed by atoms with van der Waals surface area (Å²) >= 11 is 0. The monoisotopic (exact) mass is 354 g/mol. The number of anilines is 1. The lowest BCUT2D eigenvalue weighted by Crippen LogP contribution is -2.11. The Balaban J connectivity index is 1.82. The van der Waals surface area contributed by atoms with Crippen LogP contribution in [0.2, 0.25) is 0 Å². The number of amides is 1. The molecule has 0 aliphatic rings. The quantitative estimate of drug-likeness (QED) is 0.707. The molecule has 0 spiro atoms. The van der Waals surface area contributed by atoms with E-state index < -0.39 is 5.97 Å². The lowest BCUT2D eigenvalue weighted by atomic mass is 10.2. The maximum absolute atomic E-state index is 12.1. The third kappa shape index (κ3) is 3.34. The van der Waals surface area contributed by atoms with Gasteiger partial charge in [0.15, 0.2) is 11.6 Å². The van der Waals surface area contributed by atoms with Crippen molar-refractivity contribution in [3.63, 3.8) is 0 Å². The van der Waals surface area contributed by atoms with Crippen molar-refractivity contribution in [3.8, 4) is 5.82 Å². The van der Waals surface area contributed by atoms with Gasteiger partial charge in [0.25, 0.3) is 5.91 Å². The number of furan rings is 1. The first-order valence-corrected chi connectivity index (χ1v) is 8.06. The van der Waals surface area contributed by atoms with Crippen molar-refractivity contribution >= 4 is 17.6 Å². The number of ether oxygens (including phenoxy) is 1. The summed E-state index contributed by atoms with van der Waals surface area (Å²) in [6.07, 6.45) is 2.94. The zero-order valence-corrected chi connectivity index (χ0v) is 14.6. The molecule has 8 heteroatoms. The second-order valence-corrected chi connectivity index (χ2v) is 5.51. The fraction of sp³-hybridized carbons (Fsp3) is 0.222. The normalized spacial score (nSPS) is 10.6. The van der Waals surface area contributed by atoms with Gasteiger partial charge in [-0.1, -0.05) is 0 Å². The average Bonchev–Trinajstić information content (AvgIpc) is 3.24. The number of nitrogens with zero attached hydrogens (tertiary/aromatic N) is 3.